The summed E-state index contributed by atoms with van der Waals surface area (Å²) in [6.45, 7) is 5.03. The fraction of sp³-hybridized carbons (Fsp3) is 0.500. The van der Waals surface area contributed by atoms with E-state index in [0.717, 1.165) is 12.1 Å². The van der Waals surface area contributed by atoms with E-state index in [-0.39, 0.29) is 5.56 Å². The Kier molecular flexibility index (Phi) is 3.50. The summed E-state index contributed by atoms with van der Waals surface area (Å²) in [5.41, 5.74) is -1.97. The Morgan fingerprint density at radius 1 is 0.882 bits per heavy atom. The first kappa shape index (κ1) is 13.9. The van der Waals surface area contributed by atoms with Gasteiger partial charge < -0.3 is 0 Å². The highest BCUT2D eigenvalue weighted by atomic mass is 19.4. The van der Waals surface area contributed by atoms with E-state index in [0.29, 0.717) is 6.07 Å². The molecule has 5 heteroatoms. The summed E-state index contributed by atoms with van der Waals surface area (Å²) in [6.07, 6.45) is -7.51. The van der Waals surface area contributed by atoms with Crippen LogP contribution in [0.25, 0.3) is 0 Å². The second-order valence-electron chi connectivity index (χ2n) is 4.89. The molecule has 0 atom stereocenters. The van der Waals surface area contributed by atoms with Crippen molar-refractivity contribution in [2.75, 3.05) is 0 Å². The van der Waals surface area contributed by atoms with Crippen LogP contribution in [0.4, 0.5) is 22.0 Å². The van der Waals surface area contributed by atoms with Gasteiger partial charge in [0.1, 0.15) is 0 Å². The molecule has 17 heavy (non-hydrogen) atoms. The Labute approximate surface area is 96.4 Å². The summed E-state index contributed by atoms with van der Waals surface area (Å²) in [4.78, 5) is 0. The molecule has 0 saturated heterocycles. The molecular weight excluding hydrogens is 239 g/mol. The molecule has 0 N–H and O–H groups in total. The zero-order chi connectivity index (χ0) is 13.4. The number of benzene rings is 1. The lowest BCUT2D eigenvalue weighted by Crippen LogP contribution is -2.15. The molecule has 0 heterocycles. The lowest BCUT2D eigenvalue weighted by molar-refractivity contribution is -0.137. The van der Waals surface area contributed by atoms with Crippen LogP contribution in [0.3, 0.4) is 0 Å². The number of halogens is 5. The molecule has 0 bridgehead atoms. The first-order chi connectivity index (χ1) is 7.51. The third-order valence-electron chi connectivity index (χ3n) is 2.40. The van der Waals surface area contributed by atoms with Gasteiger partial charge in [-0.1, -0.05) is 20.8 Å². The number of hydrogen-bond acceptors (Lipinski definition) is 0. The zero-order valence-electron chi connectivity index (χ0n) is 9.70. The lowest BCUT2D eigenvalue weighted by Gasteiger charge is -2.22. The van der Waals surface area contributed by atoms with Crippen molar-refractivity contribution in [1.82, 2.24) is 0 Å². The summed E-state index contributed by atoms with van der Waals surface area (Å²) in [5.74, 6) is 0. The van der Waals surface area contributed by atoms with E-state index in [1.54, 1.807) is 20.8 Å². The van der Waals surface area contributed by atoms with E-state index in [4.69, 9.17) is 0 Å². The first-order valence-electron chi connectivity index (χ1n) is 5.02. The third kappa shape index (κ3) is 3.41. The molecule has 0 spiro atoms. The quantitative estimate of drug-likeness (QED) is 0.621. The summed E-state index contributed by atoms with van der Waals surface area (Å²) in [7, 11) is 0. The van der Waals surface area contributed by atoms with Crippen molar-refractivity contribution in [3.05, 3.63) is 34.9 Å². The van der Waals surface area contributed by atoms with Gasteiger partial charge in [0.25, 0.3) is 6.43 Å². The van der Waals surface area contributed by atoms with Crippen molar-refractivity contribution < 1.29 is 22.0 Å². The minimum Gasteiger partial charge on any atom is -0.205 e. The van der Waals surface area contributed by atoms with Gasteiger partial charge in [0.05, 0.1) is 5.56 Å². The van der Waals surface area contributed by atoms with Crippen LogP contribution >= 0.6 is 0 Å². The normalized spacial score (nSPS) is 13.2. The van der Waals surface area contributed by atoms with Crippen LogP contribution in [0.1, 0.15) is 43.9 Å². The second-order valence-corrected chi connectivity index (χ2v) is 4.89. The highest BCUT2D eigenvalue weighted by molar-refractivity contribution is 5.36. The molecule has 1 aromatic rings. The predicted octanol–water partition coefficient (Wildman–Crippen LogP) is 4.94. The standard InChI is InChI=1S/C12H13F5/c1-11(2,3)8-4-7(10(13)14)5-9(6-8)12(15,16)17/h4-6,10H,1-3H3. The first-order valence-corrected chi connectivity index (χ1v) is 5.02. The molecule has 0 nitrogen and oxygen atoms in total. The zero-order valence-corrected chi connectivity index (χ0v) is 9.70. The third-order valence-corrected chi connectivity index (χ3v) is 2.40. The fourth-order valence-electron chi connectivity index (χ4n) is 1.37. The Morgan fingerprint density at radius 3 is 1.71 bits per heavy atom. The van der Waals surface area contributed by atoms with E-state index >= 15 is 0 Å². The van der Waals surface area contributed by atoms with Crippen molar-refractivity contribution in [2.24, 2.45) is 0 Å². The fourth-order valence-corrected chi connectivity index (χ4v) is 1.37. The van der Waals surface area contributed by atoms with E-state index < -0.39 is 29.1 Å². The van der Waals surface area contributed by atoms with Gasteiger partial charge in [0.15, 0.2) is 0 Å². The Bertz CT molecular complexity index is 366. The molecule has 0 saturated carbocycles. The topological polar surface area (TPSA) is 0 Å². The second kappa shape index (κ2) is 4.27. The monoisotopic (exact) mass is 252 g/mol. The Morgan fingerprint density at radius 2 is 1.35 bits per heavy atom. The van der Waals surface area contributed by atoms with Gasteiger partial charge in [-0.15, -0.1) is 0 Å². The van der Waals surface area contributed by atoms with E-state index in [9.17, 15) is 22.0 Å². The van der Waals surface area contributed by atoms with Gasteiger partial charge in [-0.05, 0) is 29.2 Å². The highest BCUT2D eigenvalue weighted by Crippen LogP contribution is 2.35. The van der Waals surface area contributed by atoms with Gasteiger partial charge in [0, 0.05) is 5.56 Å². The average Bonchev–Trinajstić information content (AvgIpc) is 2.14. The lowest BCUT2D eigenvalue weighted by atomic mass is 9.85. The summed E-state index contributed by atoms with van der Waals surface area (Å²) in [5, 5.41) is 0. The number of hydrogen-bond donors (Lipinski definition) is 0. The van der Waals surface area contributed by atoms with E-state index in [1.165, 1.54) is 0 Å². The van der Waals surface area contributed by atoms with Crippen molar-refractivity contribution in [3.63, 3.8) is 0 Å². The Balaban J connectivity index is 3.40. The number of rotatable bonds is 1. The molecular formula is C12H13F5. The molecule has 0 amide bonds. The summed E-state index contributed by atoms with van der Waals surface area (Å²) >= 11 is 0. The molecule has 1 aromatic carbocycles. The van der Waals surface area contributed by atoms with Crippen LogP contribution in [0.2, 0.25) is 0 Å². The predicted molar refractivity (Wildman–Crippen MR) is 55.1 cm³/mol. The molecule has 1 rings (SSSR count). The SMILES string of the molecule is CC(C)(C)c1cc(C(F)F)cc(C(F)(F)F)c1. The van der Waals surface area contributed by atoms with Gasteiger partial charge in [-0.25, -0.2) is 8.78 Å². The molecule has 0 aromatic heterocycles. The summed E-state index contributed by atoms with van der Waals surface area (Å²) < 4.78 is 62.7. The maximum Gasteiger partial charge on any atom is 0.416 e. The average molecular weight is 252 g/mol. The maximum absolute atomic E-state index is 12.6. The largest absolute Gasteiger partial charge is 0.416 e. The Hall–Kier alpha value is -1.13. The molecule has 0 aliphatic carbocycles. The van der Waals surface area contributed by atoms with Crippen LogP contribution in [0.15, 0.2) is 18.2 Å². The number of alkyl halides is 5. The highest BCUT2D eigenvalue weighted by Gasteiger charge is 2.33. The molecule has 0 fully saturated rings. The van der Waals surface area contributed by atoms with Crippen molar-refractivity contribution >= 4 is 0 Å². The smallest absolute Gasteiger partial charge is 0.205 e. The molecule has 96 valence electrons. The van der Waals surface area contributed by atoms with Gasteiger partial charge in [0.2, 0.25) is 0 Å². The molecule has 0 radical (unpaired) electrons. The minimum absolute atomic E-state index is 0.252. The molecule has 0 aliphatic rings. The van der Waals surface area contributed by atoms with Gasteiger partial charge in [-0.2, -0.15) is 13.2 Å². The van der Waals surface area contributed by atoms with E-state index in [1.807, 2.05) is 0 Å². The van der Waals surface area contributed by atoms with Gasteiger partial charge in [-0.3, -0.25) is 0 Å². The molecule has 0 aliphatic heterocycles. The maximum atomic E-state index is 12.6. The van der Waals surface area contributed by atoms with Crippen LogP contribution < -0.4 is 0 Å². The van der Waals surface area contributed by atoms with Crippen LogP contribution in [-0.4, -0.2) is 0 Å². The molecule has 0 unspecified atom stereocenters. The van der Waals surface area contributed by atoms with Crippen LogP contribution in [0, 0.1) is 0 Å². The van der Waals surface area contributed by atoms with Crippen molar-refractivity contribution in [2.45, 2.75) is 38.8 Å². The minimum atomic E-state index is -4.61. The summed E-state index contributed by atoms with van der Waals surface area (Å²) in [6, 6.07) is 2.55. The van der Waals surface area contributed by atoms with E-state index in [2.05, 4.69) is 0 Å². The van der Waals surface area contributed by atoms with Crippen LogP contribution in [-0.2, 0) is 11.6 Å². The van der Waals surface area contributed by atoms with Crippen LogP contribution in [0.5, 0.6) is 0 Å². The van der Waals surface area contributed by atoms with Crippen molar-refractivity contribution in [3.8, 4) is 0 Å². The van der Waals surface area contributed by atoms with Gasteiger partial charge >= 0.3 is 6.18 Å². The van der Waals surface area contributed by atoms with Crippen molar-refractivity contribution in [1.29, 1.82) is 0 Å².